The van der Waals surface area contributed by atoms with E-state index in [2.05, 4.69) is 20.4 Å². The highest BCUT2D eigenvalue weighted by molar-refractivity contribution is 7.99. The van der Waals surface area contributed by atoms with Crippen LogP contribution in [0.15, 0.2) is 68.7 Å². The van der Waals surface area contributed by atoms with Crippen molar-refractivity contribution in [3.63, 3.8) is 0 Å². The summed E-state index contributed by atoms with van der Waals surface area (Å²) in [5.74, 6) is 1.51. The standard InChI is InChI=1S/C19H16N4O2S/c1-12-8-10-15(11-9-12)18-22-23-19(25-18)26-13(2)16-20-21-17(24-16)14-6-4-3-5-7-14/h3-11,13H,1-2H3. The summed E-state index contributed by atoms with van der Waals surface area (Å²) in [6.45, 7) is 4.00. The zero-order valence-corrected chi connectivity index (χ0v) is 15.1. The Labute approximate surface area is 154 Å². The van der Waals surface area contributed by atoms with Crippen LogP contribution in [0.3, 0.4) is 0 Å². The summed E-state index contributed by atoms with van der Waals surface area (Å²) in [5, 5.41) is 16.8. The van der Waals surface area contributed by atoms with Crippen molar-refractivity contribution in [2.24, 2.45) is 0 Å². The number of hydrogen-bond acceptors (Lipinski definition) is 7. The maximum absolute atomic E-state index is 5.78. The van der Waals surface area contributed by atoms with Gasteiger partial charge in [-0.05, 0) is 38.1 Å². The van der Waals surface area contributed by atoms with Crippen molar-refractivity contribution in [2.45, 2.75) is 24.3 Å². The summed E-state index contributed by atoms with van der Waals surface area (Å²) in [6.07, 6.45) is 0. The molecule has 1 unspecified atom stereocenters. The Balaban J connectivity index is 1.48. The van der Waals surface area contributed by atoms with E-state index in [0.29, 0.717) is 22.9 Å². The van der Waals surface area contributed by atoms with Gasteiger partial charge in [0.05, 0.1) is 5.25 Å². The van der Waals surface area contributed by atoms with E-state index in [1.165, 1.54) is 17.3 Å². The highest BCUT2D eigenvalue weighted by Crippen LogP contribution is 2.35. The van der Waals surface area contributed by atoms with Gasteiger partial charge in [0, 0.05) is 11.1 Å². The van der Waals surface area contributed by atoms with E-state index in [0.717, 1.165) is 11.1 Å². The van der Waals surface area contributed by atoms with Crippen molar-refractivity contribution in [1.29, 1.82) is 0 Å². The van der Waals surface area contributed by atoms with Gasteiger partial charge in [-0.25, -0.2) is 0 Å². The van der Waals surface area contributed by atoms with E-state index >= 15 is 0 Å². The molecule has 130 valence electrons. The Kier molecular flexibility index (Phi) is 4.53. The highest BCUT2D eigenvalue weighted by Gasteiger charge is 2.19. The molecule has 0 aliphatic rings. The minimum Gasteiger partial charge on any atom is -0.419 e. The van der Waals surface area contributed by atoms with Crippen molar-refractivity contribution >= 4 is 11.8 Å². The van der Waals surface area contributed by atoms with E-state index in [9.17, 15) is 0 Å². The van der Waals surface area contributed by atoms with Gasteiger partial charge in [0.25, 0.3) is 5.22 Å². The molecule has 0 fully saturated rings. The molecule has 0 N–H and O–H groups in total. The summed E-state index contributed by atoms with van der Waals surface area (Å²) < 4.78 is 11.5. The molecule has 2 aromatic carbocycles. The summed E-state index contributed by atoms with van der Waals surface area (Å²) in [4.78, 5) is 0. The van der Waals surface area contributed by atoms with Crippen molar-refractivity contribution in [3.05, 3.63) is 66.1 Å². The van der Waals surface area contributed by atoms with Crippen LogP contribution in [0.4, 0.5) is 0 Å². The first-order valence-electron chi connectivity index (χ1n) is 8.15. The maximum atomic E-state index is 5.78. The van der Waals surface area contributed by atoms with Gasteiger partial charge in [-0.15, -0.1) is 20.4 Å². The molecule has 4 rings (SSSR count). The zero-order chi connectivity index (χ0) is 17.9. The highest BCUT2D eigenvalue weighted by atomic mass is 32.2. The van der Waals surface area contributed by atoms with Crippen LogP contribution < -0.4 is 0 Å². The lowest BCUT2D eigenvalue weighted by Crippen LogP contribution is -1.88. The number of aryl methyl sites for hydroxylation is 1. The number of thioether (sulfide) groups is 1. The molecule has 0 bridgehead atoms. The fourth-order valence-electron chi connectivity index (χ4n) is 2.37. The molecule has 0 aliphatic carbocycles. The fraction of sp³-hybridized carbons (Fsp3) is 0.158. The molecule has 2 heterocycles. The molecule has 6 nitrogen and oxygen atoms in total. The van der Waals surface area contributed by atoms with E-state index in [-0.39, 0.29) is 5.25 Å². The van der Waals surface area contributed by atoms with Crippen LogP contribution in [0.5, 0.6) is 0 Å². The van der Waals surface area contributed by atoms with Gasteiger partial charge in [-0.1, -0.05) is 47.7 Å². The van der Waals surface area contributed by atoms with Crippen LogP contribution in [-0.4, -0.2) is 20.4 Å². The Morgan fingerprint density at radius 1 is 0.769 bits per heavy atom. The van der Waals surface area contributed by atoms with Gasteiger partial charge in [-0.3, -0.25) is 0 Å². The summed E-state index contributed by atoms with van der Waals surface area (Å²) in [6, 6.07) is 17.6. The summed E-state index contributed by atoms with van der Waals surface area (Å²) in [7, 11) is 0. The molecule has 7 heteroatoms. The van der Waals surface area contributed by atoms with Crippen molar-refractivity contribution in [1.82, 2.24) is 20.4 Å². The average molecular weight is 364 g/mol. The minimum atomic E-state index is -0.105. The van der Waals surface area contributed by atoms with E-state index in [1.807, 2.05) is 68.4 Å². The molecule has 1 atom stereocenters. The van der Waals surface area contributed by atoms with Crippen molar-refractivity contribution < 1.29 is 8.83 Å². The van der Waals surface area contributed by atoms with Crippen LogP contribution >= 0.6 is 11.8 Å². The van der Waals surface area contributed by atoms with Crippen molar-refractivity contribution in [2.75, 3.05) is 0 Å². The number of hydrogen-bond donors (Lipinski definition) is 0. The number of benzene rings is 2. The second-order valence-corrected chi connectivity index (χ2v) is 7.10. The number of aromatic nitrogens is 4. The van der Waals surface area contributed by atoms with Gasteiger partial charge < -0.3 is 8.83 Å². The van der Waals surface area contributed by atoms with Crippen LogP contribution in [-0.2, 0) is 0 Å². The second-order valence-electron chi connectivity index (χ2n) is 5.81. The van der Waals surface area contributed by atoms with Gasteiger partial charge >= 0.3 is 0 Å². The largest absolute Gasteiger partial charge is 0.419 e. The Hall–Kier alpha value is -2.93. The Morgan fingerprint density at radius 3 is 2.19 bits per heavy atom. The lowest BCUT2D eigenvalue weighted by molar-refractivity contribution is 0.461. The number of nitrogens with zero attached hydrogens (tertiary/aromatic N) is 4. The molecule has 0 saturated carbocycles. The smallest absolute Gasteiger partial charge is 0.277 e. The normalized spacial score (nSPS) is 12.2. The first kappa shape index (κ1) is 16.5. The first-order chi connectivity index (χ1) is 12.7. The Morgan fingerprint density at radius 2 is 1.42 bits per heavy atom. The van der Waals surface area contributed by atoms with E-state index in [1.54, 1.807) is 0 Å². The zero-order valence-electron chi connectivity index (χ0n) is 14.3. The molecule has 0 amide bonds. The first-order valence-corrected chi connectivity index (χ1v) is 9.03. The van der Waals surface area contributed by atoms with Crippen molar-refractivity contribution in [3.8, 4) is 22.9 Å². The summed E-state index contributed by atoms with van der Waals surface area (Å²) in [5.41, 5.74) is 2.97. The fourth-order valence-corrected chi connectivity index (χ4v) is 3.08. The molecule has 0 aliphatic heterocycles. The molecule has 26 heavy (non-hydrogen) atoms. The SMILES string of the molecule is Cc1ccc(-c2nnc(SC(C)c3nnc(-c4ccccc4)o3)o2)cc1. The topological polar surface area (TPSA) is 77.8 Å². The van der Waals surface area contributed by atoms with E-state index < -0.39 is 0 Å². The van der Waals surface area contributed by atoms with Crippen LogP contribution in [0.1, 0.15) is 23.6 Å². The van der Waals surface area contributed by atoms with Crippen LogP contribution in [0.25, 0.3) is 22.9 Å². The van der Waals surface area contributed by atoms with Crippen LogP contribution in [0.2, 0.25) is 0 Å². The lowest BCUT2D eigenvalue weighted by Gasteiger charge is -2.01. The second kappa shape index (κ2) is 7.13. The van der Waals surface area contributed by atoms with E-state index in [4.69, 9.17) is 8.83 Å². The molecule has 4 aromatic rings. The van der Waals surface area contributed by atoms with Gasteiger partial charge in [0.2, 0.25) is 17.7 Å². The third kappa shape index (κ3) is 3.52. The molecule has 2 aromatic heterocycles. The van der Waals surface area contributed by atoms with Gasteiger partial charge in [0.1, 0.15) is 0 Å². The molecule has 0 spiro atoms. The minimum absolute atomic E-state index is 0.105. The quantitative estimate of drug-likeness (QED) is 0.464. The maximum Gasteiger partial charge on any atom is 0.277 e. The molecule has 0 saturated heterocycles. The third-order valence-corrected chi connectivity index (χ3v) is 4.71. The molecule has 0 radical (unpaired) electrons. The van der Waals surface area contributed by atoms with Gasteiger partial charge in [-0.2, -0.15) is 0 Å². The predicted octanol–water partition coefficient (Wildman–Crippen LogP) is 4.95. The van der Waals surface area contributed by atoms with Gasteiger partial charge in [0.15, 0.2) is 0 Å². The number of rotatable bonds is 5. The molecular weight excluding hydrogens is 348 g/mol. The third-order valence-electron chi connectivity index (χ3n) is 3.79. The monoisotopic (exact) mass is 364 g/mol. The average Bonchev–Trinajstić information content (AvgIpc) is 3.33. The van der Waals surface area contributed by atoms with Crippen LogP contribution in [0, 0.1) is 6.92 Å². The lowest BCUT2D eigenvalue weighted by atomic mass is 10.1. The summed E-state index contributed by atoms with van der Waals surface area (Å²) >= 11 is 1.39. The Bertz CT molecular complexity index is 996. The molecular formula is C19H16N4O2S. The predicted molar refractivity (Wildman–Crippen MR) is 98.5 cm³/mol.